The number of benzene rings is 4. The fourth-order valence-corrected chi connectivity index (χ4v) is 5.16. The first-order chi connectivity index (χ1) is 20.3. The van der Waals surface area contributed by atoms with Gasteiger partial charge < -0.3 is 9.88 Å². The van der Waals surface area contributed by atoms with Crippen molar-refractivity contribution < 1.29 is 18.0 Å². The lowest BCUT2D eigenvalue weighted by molar-refractivity contribution is -0.136. The standard InChI is InChI=1S/C34H23ClF3N3O/c35-26-18-16-25(17-19-26)33(42)40-30-29-27(34(36,37)38)20-28(23-12-6-2-7-13-23)39-32(29)41(21-22-10-4-1-5-11-22)31(30)24-14-8-3-9-15-24/h1-20H,21H2,(H,40,42). The summed E-state index contributed by atoms with van der Waals surface area (Å²) in [7, 11) is 0. The van der Waals surface area contributed by atoms with Crippen LogP contribution in [0.4, 0.5) is 18.9 Å². The molecule has 0 saturated carbocycles. The Kier molecular flexibility index (Phi) is 7.27. The molecule has 0 aliphatic heterocycles. The monoisotopic (exact) mass is 581 g/mol. The predicted molar refractivity (Wildman–Crippen MR) is 161 cm³/mol. The number of alkyl halides is 3. The van der Waals surface area contributed by atoms with E-state index >= 15 is 0 Å². The number of amides is 1. The van der Waals surface area contributed by atoms with Gasteiger partial charge in [-0.05, 0) is 35.9 Å². The number of carbonyl (C=O) groups is 1. The second kappa shape index (κ2) is 11.2. The van der Waals surface area contributed by atoms with Crippen LogP contribution in [-0.2, 0) is 12.7 Å². The van der Waals surface area contributed by atoms with Crippen LogP contribution >= 0.6 is 11.6 Å². The Bertz CT molecular complexity index is 1870. The second-order valence-corrected chi connectivity index (χ2v) is 10.2. The Balaban J connectivity index is 1.70. The highest BCUT2D eigenvalue weighted by Crippen LogP contribution is 2.46. The molecule has 0 spiro atoms. The van der Waals surface area contributed by atoms with Gasteiger partial charge in [0.15, 0.2) is 0 Å². The van der Waals surface area contributed by atoms with Crippen LogP contribution < -0.4 is 5.32 Å². The Hall–Kier alpha value is -4.88. The van der Waals surface area contributed by atoms with Gasteiger partial charge in [0, 0.05) is 28.3 Å². The molecule has 2 heterocycles. The Morgan fingerprint density at radius 1 is 0.786 bits per heavy atom. The molecule has 0 aliphatic carbocycles. The Morgan fingerprint density at radius 2 is 1.36 bits per heavy atom. The molecule has 0 aliphatic rings. The SMILES string of the molecule is O=C(Nc1c(-c2ccccc2)n(Cc2ccccc2)c2nc(-c3ccccc3)cc(C(F)(F)F)c12)c1ccc(Cl)cc1. The summed E-state index contributed by atoms with van der Waals surface area (Å²) in [5, 5.41) is 3.08. The quantitative estimate of drug-likeness (QED) is 0.213. The van der Waals surface area contributed by atoms with Crippen LogP contribution in [0.15, 0.2) is 121 Å². The molecular formula is C34H23ClF3N3O. The van der Waals surface area contributed by atoms with Crippen molar-refractivity contribution in [1.82, 2.24) is 9.55 Å². The normalized spacial score (nSPS) is 11.5. The zero-order chi connectivity index (χ0) is 29.3. The van der Waals surface area contributed by atoms with Crippen molar-refractivity contribution in [2.75, 3.05) is 5.32 Å². The molecule has 1 N–H and O–H groups in total. The van der Waals surface area contributed by atoms with E-state index in [9.17, 15) is 18.0 Å². The van der Waals surface area contributed by atoms with E-state index in [4.69, 9.17) is 16.6 Å². The summed E-state index contributed by atoms with van der Waals surface area (Å²) in [6.45, 7) is 0.223. The topological polar surface area (TPSA) is 46.9 Å². The van der Waals surface area contributed by atoms with Gasteiger partial charge in [0.2, 0.25) is 0 Å². The first kappa shape index (κ1) is 27.3. The van der Waals surface area contributed by atoms with E-state index in [2.05, 4.69) is 5.32 Å². The van der Waals surface area contributed by atoms with Crippen LogP contribution in [-0.4, -0.2) is 15.5 Å². The van der Waals surface area contributed by atoms with Crippen molar-refractivity contribution in [3.63, 3.8) is 0 Å². The van der Waals surface area contributed by atoms with Gasteiger partial charge in [0.1, 0.15) is 5.65 Å². The molecule has 0 saturated heterocycles. The van der Waals surface area contributed by atoms with Gasteiger partial charge in [0.05, 0.1) is 28.0 Å². The van der Waals surface area contributed by atoms with Crippen LogP contribution in [0.25, 0.3) is 33.5 Å². The van der Waals surface area contributed by atoms with Crippen LogP contribution in [0.1, 0.15) is 21.5 Å². The van der Waals surface area contributed by atoms with Gasteiger partial charge in [0.25, 0.3) is 5.91 Å². The van der Waals surface area contributed by atoms with Crippen LogP contribution in [0.2, 0.25) is 5.02 Å². The summed E-state index contributed by atoms with van der Waals surface area (Å²) < 4.78 is 46.5. The fourth-order valence-electron chi connectivity index (χ4n) is 5.04. The number of pyridine rings is 1. The number of aromatic nitrogens is 2. The first-order valence-electron chi connectivity index (χ1n) is 13.2. The van der Waals surface area contributed by atoms with Crippen molar-refractivity contribution in [1.29, 1.82) is 0 Å². The third-order valence-electron chi connectivity index (χ3n) is 6.96. The van der Waals surface area contributed by atoms with E-state index in [0.717, 1.165) is 11.6 Å². The molecule has 0 radical (unpaired) electrons. The lowest BCUT2D eigenvalue weighted by Gasteiger charge is -2.13. The van der Waals surface area contributed by atoms with Gasteiger partial charge in [-0.2, -0.15) is 13.2 Å². The number of rotatable bonds is 6. The van der Waals surface area contributed by atoms with Gasteiger partial charge in [-0.1, -0.05) is 103 Å². The van der Waals surface area contributed by atoms with Crippen LogP contribution in [0.5, 0.6) is 0 Å². The van der Waals surface area contributed by atoms with Crippen molar-refractivity contribution in [3.8, 4) is 22.5 Å². The third kappa shape index (κ3) is 5.39. The third-order valence-corrected chi connectivity index (χ3v) is 7.22. The molecule has 208 valence electrons. The second-order valence-electron chi connectivity index (χ2n) is 9.74. The number of fused-ring (bicyclic) bond motifs is 1. The molecule has 0 atom stereocenters. The maximum Gasteiger partial charge on any atom is 0.417 e. The van der Waals surface area contributed by atoms with Crippen molar-refractivity contribution in [2.24, 2.45) is 0 Å². The molecule has 1 amide bonds. The Morgan fingerprint density at radius 3 is 1.95 bits per heavy atom. The number of nitrogens with one attached hydrogen (secondary N) is 1. The fraction of sp³-hybridized carbons (Fsp3) is 0.0588. The largest absolute Gasteiger partial charge is 0.417 e. The minimum Gasteiger partial charge on any atom is -0.320 e. The van der Waals surface area contributed by atoms with Gasteiger partial charge >= 0.3 is 6.18 Å². The molecule has 0 bridgehead atoms. The minimum absolute atomic E-state index is 0.0338. The van der Waals surface area contributed by atoms with Crippen molar-refractivity contribution >= 4 is 34.2 Å². The smallest absolute Gasteiger partial charge is 0.320 e. The van der Waals surface area contributed by atoms with E-state index in [0.29, 0.717) is 21.8 Å². The molecular weight excluding hydrogens is 559 g/mol. The lowest BCUT2D eigenvalue weighted by atomic mass is 10.0. The average Bonchev–Trinajstić information content (AvgIpc) is 3.30. The van der Waals surface area contributed by atoms with E-state index in [1.807, 2.05) is 36.4 Å². The number of carbonyl (C=O) groups excluding carboxylic acids is 1. The molecule has 0 fully saturated rings. The number of hydrogen-bond donors (Lipinski definition) is 1. The molecule has 4 aromatic carbocycles. The molecule has 6 rings (SSSR count). The zero-order valence-electron chi connectivity index (χ0n) is 22.1. The van der Waals surface area contributed by atoms with Gasteiger partial charge in [-0.25, -0.2) is 4.98 Å². The zero-order valence-corrected chi connectivity index (χ0v) is 22.8. The van der Waals surface area contributed by atoms with E-state index in [1.165, 1.54) is 12.1 Å². The highest BCUT2D eigenvalue weighted by atomic mass is 35.5. The highest BCUT2D eigenvalue weighted by molar-refractivity contribution is 6.30. The van der Waals surface area contributed by atoms with Crippen molar-refractivity contribution in [3.05, 3.63) is 143 Å². The predicted octanol–water partition coefficient (Wildman–Crippen LogP) is 9.34. The molecule has 6 aromatic rings. The summed E-state index contributed by atoms with van der Waals surface area (Å²) in [6, 6.07) is 34.4. The van der Waals surface area contributed by atoms with E-state index in [1.54, 1.807) is 71.3 Å². The summed E-state index contributed by atoms with van der Waals surface area (Å²) in [6.07, 6.45) is -4.74. The number of halogens is 4. The first-order valence-corrected chi connectivity index (χ1v) is 13.5. The van der Waals surface area contributed by atoms with E-state index < -0.39 is 17.6 Å². The summed E-state index contributed by atoms with van der Waals surface area (Å²) in [5.41, 5.74) is 2.15. The average molecular weight is 582 g/mol. The van der Waals surface area contributed by atoms with Crippen LogP contribution in [0, 0.1) is 0 Å². The Labute approximate surface area is 245 Å². The summed E-state index contributed by atoms with van der Waals surface area (Å²) in [4.78, 5) is 18.3. The van der Waals surface area contributed by atoms with Gasteiger partial charge in [-0.3, -0.25) is 4.79 Å². The van der Waals surface area contributed by atoms with Crippen molar-refractivity contribution in [2.45, 2.75) is 12.7 Å². The summed E-state index contributed by atoms with van der Waals surface area (Å²) >= 11 is 6.01. The van der Waals surface area contributed by atoms with E-state index in [-0.39, 0.29) is 34.5 Å². The number of nitrogens with zero attached hydrogens (tertiary/aromatic N) is 2. The molecule has 4 nitrogen and oxygen atoms in total. The number of anilines is 1. The van der Waals surface area contributed by atoms with Crippen LogP contribution in [0.3, 0.4) is 0 Å². The molecule has 42 heavy (non-hydrogen) atoms. The summed E-state index contributed by atoms with van der Waals surface area (Å²) in [5.74, 6) is -0.567. The lowest BCUT2D eigenvalue weighted by Crippen LogP contribution is -2.14. The highest BCUT2D eigenvalue weighted by Gasteiger charge is 2.37. The van der Waals surface area contributed by atoms with Gasteiger partial charge in [-0.15, -0.1) is 0 Å². The minimum atomic E-state index is -4.74. The molecule has 8 heteroatoms. The molecule has 2 aromatic heterocycles. The number of hydrogen-bond acceptors (Lipinski definition) is 2. The maximum atomic E-state index is 14.9. The molecule has 0 unspecified atom stereocenters. The maximum absolute atomic E-state index is 14.9.